The van der Waals surface area contributed by atoms with Gasteiger partial charge in [0.15, 0.2) is 0 Å². The molecular formula is C9H11NOS. The van der Waals surface area contributed by atoms with E-state index in [1.165, 1.54) is 0 Å². The first-order valence-electron chi connectivity index (χ1n) is 3.69. The second-order valence-electron chi connectivity index (χ2n) is 2.74. The summed E-state index contributed by atoms with van der Waals surface area (Å²) in [6, 6.07) is 5.41. The second kappa shape index (κ2) is 3.63. The normalized spacial score (nSPS) is 12.5. The maximum Gasteiger partial charge on any atom is 0.127 e. The zero-order valence-electron chi connectivity index (χ0n) is 6.82. The molecule has 1 aromatic carbocycles. The summed E-state index contributed by atoms with van der Waals surface area (Å²) >= 11 is 4.13. The van der Waals surface area contributed by atoms with Crippen LogP contribution in [-0.4, -0.2) is 6.29 Å². The molecule has 0 radical (unpaired) electrons. The van der Waals surface area contributed by atoms with Gasteiger partial charge in [0.05, 0.1) is 0 Å². The van der Waals surface area contributed by atoms with Gasteiger partial charge in [0, 0.05) is 16.5 Å². The molecule has 0 aliphatic heterocycles. The lowest BCUT2D eigenvalue weighted by Crippen LogP contribution is -1.99. The van der Waals surface area contributed by atoms with Gasteiger partial charge in [-0.1, -0.05) is 13.0 Å². The zero-order valence-corrected chi connectivity index (χ0v) is 7.71. The van der Waals surface area contributed by atoms with E-state index in [0.717, 1.165) is 16.7 Å². The fourth-order valence-corrected chi connectivity index (χ4v) is 1.26. The Balaban J connectivity index is 3.09. The average molecular weight is 181 g/mol. The van der Waals surface area contributed by atoms with Crippen LogP contribution in [0, 0.1) is 0 Å². The molecule has 0 aromatic heterocycles. The number of hydrogen-bond acceptors (Lipinski definition) is 3. The van der Waals surface area contributed by atoms with E-state index in [1.54, 1.807) is 6.07 Å². The van der Waals surface area contributed by atoms with E-state index in [1.807, 2.05) is 19.1 Å². The molecule has 64 valence electrons. The highest BCUT2D eigenvalue weighted by molar-refractivity contribution is 7.80. The third-order valence-corrected chi connectivity index (χ3v) is 2.04. The number of nitrogens with two attached hydrogens (primary N) is 1. The summed E-state index contributed by atoms with van der Waals surface area (Å²) < 4.78 is 0. The largest absolute Gasteiger partial charge is 0.398 e. The molecule has 12 heavy (non-hydrogen) atoms. The summed E-state index contributed by atoms with van der Waals surface area (Å²) in [7, 11) is 0. The number of thiol groups is 1. The zero-order chi connectivity index (χ0) is 9.14. The third kappa shape index (κ3) is 1.80. The van der Waals surface area contributed by atoms with Gasteiger partial charge in [-0.2, -0.15) is 0 Å². The van der Waals surface area contributed by atoms with E-state index in [-0.39, 0.29) is 5.92 Å². The molecule has 0 aliphatic rings. The molecule has 0 heterocycles. The van der Waals surface area contributed by atoms with Gasteiger partial charge >= 0.3 is 0 Å². The van der Waals surface area contributed by atoms with Crippen molar-refractivity contribution >= 4 is 24.6 Å². The van der Waals surface area contributed by atoms with Gasteiger partial charge in [0.2, 0.25) is 0 Å². The Kier molecular flexibility index (Phi) is 2.76. The Hall–Kier alpha value is -0.960. The Morgan fingerprint density at radius 2 is 2.25 bits per heavy atom. The van der Waals surface area contributed by atoms with Gasteiger partial charge in [0.1, 0.15) is 6.29 Å². The molecule has 0 saturated heterocycles. The number of carbonyl (C=O) groups is 1. The van der Waals surface area contributed by atoms with Crippen molar-refractivity contribution < 1.29 is 4.79 Å². The number of carbonyl (C=O) groups excluding carboxylic acids is 1. The molecule has 0 aliphatic carbocycles. The summed E-state index contributed by atoms with van der Waals surface area (Å²) in [6.07, 6.45) is 0.879. The minimum Gasteiger partial charge on any atom is -0.398 e. The molecule has 1 aromatic rings. The Morgan fingerprint density at radius 1 is 1.58 bits per heavy atom. The van der Waals surface area contributed by atoms with E-state index >= 15 is 0 Å². The van der Waals surface area contributed by atoms with Crippen LogP contribution in [0.5, 0.6) is 0 Å². The molecule has 1 atom stereocenters. The Morgan fingerprint density at radius 3 is 2.75 bits per heavy atom. The molecule has 1 unspecified atom stereocenters. The monoisotopic (exact) mass is 181 g/mol. The highest BCUT2D eigenvalue weighted by Crippen LogP contribution is 2.22. The van der Waals surface area contributed by atoms with Crippen LogP contribution in [0.3, 0.4) is 0 Å². The highest BCUT2D eigenvalue weighted by atomic mass is 32.1. The van der Waals surface area contributed by atoms with Gasteiger partial charge in [0.25, 0.3) is 0 Å². The molecule has 0 spiro atoms. The molecule has 0 bridgehead atoms. The van der Waals surface area contributed by atoms with Crippen LogP contribution in [-0.2, 0) is 4.79 Å². The number of rotatable bonds is 2. The first kappa shape index (κ1) is 9.13. The van der Waals surface area contributed by atoms with Gasteiger partial charge in [-0.3, -0.25) is 0 Å². The first-order chi connectivity index (χ1) is 5.65. The molecule has 3 heteroatoms. The lowest BCUT2D eigenvalue weighted by atomic mass is 10.0. The maximum atomic E-state index is 10.5. The second-order valence-corrected chi connectivity index (χ2v) is 3.25. The predicted octanol–water partition coefficient (Wildman–Crippen LogP) is 1.86. The van der Waals surface area contributed by atoms with E-state index in [2.05, 4.69) is 12.6 Å². The van der Waals surface area contributed by atoms with Crippen molar-refractivity contribution in [3.05, 3.63) is 23.8 Å². The van der Waals surface area contributed by atoms with Crippen molar-refractivity contribution in [1.29, 1.82) is 0 Å². The molecule has 1 rings (SSSR count). The van der Waals surface area contributed by atoms with Crippen LogP contribution in [0.1, 0.15) is 18.4 Å². The van der Waals surface area contributed by atoms with E-state index in [9.17, 15) is 4.79 Å². The van der Waals surface area contributed by atoms with Crippen LogP contribution in [0.4, 0.5) is 5.69 Å². The standard InChI is InChI=1S/C9H11NOS/c1-6(5-11)8-3-2-7(12)4-9(8)10/h2-6,12H,10H2,1H3. The lowest BCUT2D eigenvalue weighted by molar-refractivity contribution is -0.108. The van der Waals surface area contributed by atoms with Gasteiger partial charge in [-0.05, 0) is 17.7 Å². The third-order valence-electron chi connectivity index (χ3n) is 1.77. The molecular weight excluding hydrogens is 170 g/mol. The number of anilines is 1. The number of aldehydes is 1. The average Bonchev–Trinajstić information content (AvgIpc) is 2.03. The van der Waals surface area contributed by atoms with Gasteiger partial charge < -0.3 is 10.5 Å². The highest BCUT2D eigenvalue weighted by Gasteiger charge is 2.06. The van der Waals surface area contributed by atoms with E-state index < -0.39 is 0 Å². The van der Waals surface area contributed by atoms with Gasteiger partial charge in [-0.15, -0.1) is 12.6 Å². The lowest BCUT2D eigenvalue weighted by Gasteiger charge is -2.07. The Labute approximate surface area is 77.2 Å². The summed E-state index contributed by atoms with van der Waals surface area (Å²) in [5.41, 5.74) is 7.18. The van der Waals surface area contributed by atoms with Crippen LogP contribution < -0.4 is 5.73 Å². The van der Waals surface area contributed by atoms with Crippen LogP contribution in [0.15, 0.2) is 23.1 Å². The fraction of sp³-hybridized carbons (Fsp3) is 0.222. The minimum atomic E-state index is -0.140. The van der Waals surface area contributed by atoms with Crippen molar-refractivity contribution in [2.75, 3.05) is 5.73 Å². The van der Waals surface area contributed by atoms with E-state index in [0.29, 0.717) is 5.69 Å². The van der Waals surface area contributed by atoms with Crippen molar-refractivity contribution in [3.63, 3.8) is 0 Å². The van der Waals surface area contributed by atoms with Crippen molar-refractivity contribution in [1.82, 2.24) is 0 Å². The fourth-order valence-electron chi connectivity index (χ4n) is 1.05. The van der Waals surface area contributed by atoms with E-state index in [4.69, 9.17) is 5.73 Å². The van der Waals surface area contributed by atoms with Crippen LogP contribution >= 0.6 is 12.6 Å². The summed E-state index contributed by atoms with van der Waals surface area (Å²) in [6.45, 7) is 1.82. The molecule has 2 nitrogen and oxygen atoms in total. The number of nitrogen functional groups attached to an aromatic ring is 1. The summed E-state index contributed by atoms with van der Waals surface area (Å²) in [4.78, 5) is 11.3. The first-order valence-corrected chi connectivity index (χ1v) is 4.13. The molecule has 0 fully saturated rings. The smallest absolute Gasteiger partial charge is 0.127 e. The number of benzene rings is 1. The Bertz CT molecular complexity index is 299. The SMILES string of the molecule is CC(C=O)c1ccc(S)cc1N. The predicted molar refractivity (Wildman–Crippen MR) is 52.6 cm³/mol. The van der Waals surface area contributed by atoms with Crippen LogP contribution in [0.2, 0.25) is 0 Å². The van der Waals surface area contributed by atoms with Crippen LogP contribution in [0.25, 0.3) is 0 Å². The maximum absolute atomic E-state index is 10.5. The molecule has 2 N–H and O–H groups in total. The van der Waals surface area contributed by atoms with Crippen molar-refractivity contribution in [3.8, 4) is 0 Å². The summed E-state index contributed by atoms with van der Waals surface area (Å²) in [5.74, 6) is -0.140. The van der Waals surface area contributed by atoms with Crippen molar-refractivity contribution in [2.24, 2.45) is 0 Å². The molecule has 0 amide bonds. The topological polar surface area (TPSA) is 43.1 Å². The van der Waals surface area contributed by atoms with Gasteiger partial charge in [-0.25, -0.2) is 0 Å². The molecule has 0 saturated carbocycles. The number of hydrogen-bond donors (Lipinski definition) is 2. The quantitative estimate of drug-likeness (QED) is 0.415. The summed E-state index contributed by atoms with van der Waals surface area (Å²) in [5, 5.41) is 0. The van der Waals surface area contributed by atoms with Crippen molar-refractivity contribution in [2.45, 2.75) is 17.7 Å². The minimum absolute atomic E-state index is 0.140.